The highest BCUT2D eigenvalue weighted by molar-refractivity contribution is 5.77. The third-order valence-electron chi connectivity index (χ3n) is 5.29. The van der Waals surface area contributed by atoms with E-state index in [9.17, 15) is 14.0 Å². The van der Waals surface area contributed by atoms with Gasteiger partial charge in [0.15, 0.2) is 0 Å². The molecule has 1 aliphatic carbocycles. The topological polar surface area (TPSA) is 58.6 Å². The van der Waals surface area contributed by atoms with Crippen molar-refractivity contribution in [2.24, 2.45) is 5.92 Å². The summed E-state index contributed by atoms with van der Waals surface area (Å²) in [5, 5.41) is 3.06. The van der Waals surface area contributed by atoms with Crippen molar-refractivity contribution in [2.45, 2.75) is 64.5 Å². The van der Waals surface area contributed by atoms with E-state index in [4.69, 9.17) is 4.74 Å². The molecule has 6 heteroatoms. The van der Waals surface area contributed by atoms with Crippen molar-refractivity contribution in [1.29, 1.82) is 0 Å². The lowest BCUT2D eigenvalue weighted by Gasteiger charge is -2.33. The summed E-state index contributed by atoms with van der Waals surface area (Å²) in [4.78, 5) is 26.3. The Morgan fingerprint density at radius 1 is 1.22 bits per heavy atom. The second-order valence-corrected chi connectivity index (χ2v) is 8.58. The number of rotatable bonds is 3. The monoisotopic (exact) mass is 376 g/mol. The first-order valence-electron chi connectivity index (χ1n) is 9.77. The average molecular weight is 376 g/mol. The number of carbonyl (C=O) groups is 2. The van der Waals surface area contributed by atoms with Gasteiger partial charge in [-0.25, -0.2) is 9.18 Å². The molecule has 2 amide bonds. The maximum atomic E-state index is 13.8. The summed E-state index contributed by atoms with van der Waals surface area (Å²) in [6, 6.07) is 4.98. The van der Waals surface area contributed by atoms with Crippen LogP contribution < -0.4 is 5.32 Å². The van der Waals surface area contributed by atoms with Gasteiger partial charge in [-0.3, -0.25) is 4.79 Å². The molecule has 0 saturated carbocycles. The quantitative estimate of drug-likeness (QED) is 0.868. The van der Waals surface area contributed by atoms with Crippen LogP contribution >= 0.6 is 0 Å². The van der Waals surface area contributed by atoms with Gasteiger partial charge in [0.25, 0.3) is 0 Å². The molecule has 3 rings (SSSR count). The second-order valence-electron chi connectivity index (χ2n) is 8.58. The molecule has 1 aromatic rings. The van der Waals surface area contributed by atoms with Gasteiger partial charge in [0.05, 0.1) is 6.04 Å². The van der Waals surface area contributed by atoms with Crippen LogP contribution in [-0.2, 0) is 16.0 Å². The molecule has 1 heterocycles. The maximum absolute atomic E-state index is 13.8. The molecule has 0 bridgehead atoms. The minimum atomic E-state index is -0.495. The van der Waals surface area contributed by atoms with Crippen LogP contribution in [0.5, 0.6) is 0 Å². The summed E-state index contributed by atoms with van der Waals surface area (Å²) in [6.45, 7) is 6.80. The first-order valence-corrected chi connectivity index (χ1v) is 9.77. The summed E-state index contributed by atoms with van der Waals surface area (Å²) in [6.07, 6.45) is 3.17. The molecule has 148 valence electrons. The van der Waals surface area contributed by atoms with E-state index in [1.54, 1.807) is 11.0 Å². The van der Waals surface area contributed by atoms with Gasteiger partial charge in [-0.2, -0.15) is 0 Å². The number of amides is 2. The fraction of sp³-hybridized carbons (Fsp3) is 0.619. The number of halogens is 1. The Morgan fingerprint density at radius 2 is 1.93 bits per heavy atom. The molecule has 1 fully saturated rings. The van der Waals surface area contributed by atoms with E-state index < -0.39 is 5.60 Å². The zero-order chi connectivity index (χ0) is 19.6. The van der Waals surface area contributed by atoms with E-state index in [0.29, 0.717) is 25.9 Å². The predicted octanol–water partition coefficient (Wildman–Crippen LogP) is 3.97. The molecule has 1 N–H and O–H groups in total. The van der Waals surface area contributed by atoms with Gasteiger partial charge < -0.3 is 15.0 Å². The highest BCUT2D eigenvalue weighted by atomic mass is 19.1. The number of ether oxygens (including phenoxy) is 1. The smallest absolute Gasteiger partial charge is 0.410 e. The van der Waals surface area contributed by atoms with E-state index in [1.165, 1.54) is 6.07 Å². The molecule has 1 aromatic carbocycles. The summed E-state index contributed by atoms with van der Waals surface area (Å²) >= 11 is 0. The fourth-order valence-corrected chi connectivity index (χ4v) is 3.92. The van der Waals surface area contributed by atoms with E-state index in [1.807, 2.05) is 26.8 Å². The van der Waals surface area contributed by atoms with Crippen molar-refractivity contribution in [3.63, 3.8) is 0 Å². The Balaban J connectivity index is 1.46. The molecule has 5 nitrogen and oxygen atoms in total. The van der Waals surface area contributed by atoms with Gasteiger partial charge in [-0.1, -0.05) is 12.1 Å². The van der Waals surface area contributed by atoms with E-state index in [0.717, 1.165) is 30.4 Å². The minimum Gasteiger partial charge on any atom is -0.444 e. The Labute approximate surface area is 160 Å². The number of carbonyl (C=O) groups excluding carboxylic acids is 2. The summed E-state index contributed by atoms with van der Waals surface area (Å²) in [5.41, 5.74) is 1.14. The predicted molar refractivity (Wildman–Crippen MR) is 101 cm³/mol. The number of fused-ring (bicyclic) bond motifs is 1. The summed E-state index contributed by atoms with van der Waals surface area (Å²) < 4.78 is 19.2. The van der Waals surface area contributed by atoms with Crippen molar-refractivity contribution in [2.75, 3.05) is 13.1 Å². The number of hydrogen-bond acceptors (Lipinski definition) is 3. The number of nitrogens with zero attached hydrogens (tertiary/aromatic N) is 1. The third-order valence-corrected chi connectivity index (χ3v) is 5.29. The molecule has 1 atom stereocenters. The largest absolute Gasteiger partial charge is 0.444 e. The van der Waals surface area contributed by atoms with Crippen molar-refractivity contribution in [3.05, 3.63) is 35.1 Å². The lowest BCUT2D eigenvalue weighted by molar-refractivity contribution is -0.123. The molecule has 1 saturated heterocycles. The molecule has 1 unspecified atom stereocenters. The van der Waals surface area contributed by atoms with Gasteiger partial charge in [0, 0.05) is 19.5 Å². The fourth-order valence-electron chi connectivity index (χ4n) is 3.92. The first kappa shape index (κ1) is 19.6. The number of nitrogens with one attached hydrogen (secondary N) is 1. The Bertz CT molecular complexity index is 706. The lowest BCUT2D eigenvalue weighted by Crippen LogP contribution is -2.42. The van der Waals surface area contributed by atoms with E-state index in [2.05, 4.69) is 5.32 Å². The molecule has 27 heavy (non-hydrogen) atoms. The molecular formula is C21H29FN2O3. The van der Waals surface area contributed by atoms with Gasteiger partial charge >= 0.3 is 6.09 Å². The van der Waals surface area contributed by atoms with Crippen LogP contribution in [-0.4, -0.2) is 35.6 Å². The number of likely N-dealkylation sites (tertiary alicyclic amines) is 1. The molecule has 1 aliphatic heterocycles. The average Bonchev–Trinajstić information content (AvgIpc) is 2.98. The molecule has 0 spiro atoms. The van der Waals surface area contributed by atoms with Crippen LogP contribution in [0.2, 0.25) is 0 Å². The minimum absolute atomic E-state index is 0.00725. The zero-order valence-electron chi connectivity index (χ0n) is 16.4. The van der Waals surface area contributed by atoms with Crippen molar-refractivity contribution >= 4 is 12.0 Å². The Hall–Kier alpha value is -2.11. The number of piperidine rings is 1. The standard InChI is InChI=1S/C21H29FN2O3/c1-21(2,3)27-20(26)24-11-9-14(10-12-24)13-19(25)23-18-8-7-15-16(18)5-4-6-17(15)22/h4-6,14,18H,7-13H2,1-3H3,(H,23,25). The normalized spacial score (nSPS) is 20.3. The molecule has 2 aliphatic rings. The van der Waals surface area contributed by atoms with Crippen LogP contribution in [0.3, 0.4) is 0 Å². The summed E-state index contributed by atoms with van der Waals surface area (Å²) in [7, 11) is 0. The van der Waals surface area contributed by atoms with Crippen LogP contribution in [0.1, 0.15) is 63.6 Å². The lowest BCUT2D eigenvalue weighted by atomic mass is 9.93. The van der Waals surface area contributed by atoms with Crippen molar-refractivity contribution < 1.29 is 18.7 Å². The van der Waals surface area contributed by atoms with Crippen molar-refractivity contribution in [1.82, 2.24) is 10.2 Å². The maximum Gasteiger partial charge on any atom is 0.410 e. The molecule has 0 aromatic heterocycles. The third kappa shape index (κ3) is 4.99. The SMILES string of the molecule is CC(C)(C)OC(=O)N1CCC(CC(=O)NC2CCc3c(F)cccc32)CC1. The number of hydrogen-bond donors (Lipinski definition) is 1. The van der Waals surface area contributed by atoms with Crippen LogP contribution in [0.25, 0.3) is 0 Å². The Morgan fingerprint density at radius 3 is 2.59 bits per heavy atom. The van der Waals surface area contributed by atoms with Gasteiger partial charge in [0.1, 0.15) is 11.4 Å². The van der Waals surface area contributed by atoms with E-state index >= 15 is 0 Å². The number of benzene rings is 1. The zero-order valence-corrected chi connectivity index (χ0v) is 16.4. The highest BCUT2D eigenvalue weighted by Gasteiger charge is 2.30. The first-order chi connectivity index (χ1) is 12.7. The summed E-state index contributed by atoms with van der Waals surface area (Å²) in [5.74, 6) is 0.0867. The van der Waals surface area contributed by atoms with Gasteiger partial charge in [-0.15, -0.1) is 0 Å². The van der Waals surface area contributed by atoms with Gasteiger partial charge in [-0.05, 0) is 69.6 Å². The van der Waals surface area contributed by atoms with Crippen molar-refractivity contribution in [3.8, 4) is 0 Å². The Kier molecular flexibility index (Phi) is 5.72. The molecular weight excluding hydrogens is 347 g/mol. The van der Waals surface area contributed by atoms with Crippen LogP contribution in [0, 0.1) is 11.7 Å². The molecule has 0 radical (unpaired) electrons. The van der Waals surface area contributed by atoms with Crippen LogP contribution in [0.15, 0.2) is 18.2 Å². The van der Waals surface area contributed by atoms with E-state index in [-0.39, 0.29) is 29.8 Å². The highest BCUT2D eigenvalue weighted by Crippen LogP contribution is 2.33. The van der Waals surface area contributed by atoms with Crippen LogP contribution in [0.4, 0.5) is 9.18 Å². The van der Waals surface area contributed by atoms with Gasteiger partial charge in [0.2, 0.25) is 5.91 Å². The second kappa shape index (κ2) is 7.87.